The van der Waals surface area contributed by atoms with E-state index in [4.69, 9.17) is 4.42 Å². The van der Waals surface area contributed by atoms with E-state index >= 15 is 0 Å². The Bertz CT molecular complexity index is 534. The van der Waals surface area contributed by atoms with Crippen molar-refractivity contribution in [2.75, 3.05) is 0 Å². The third kappa shape index (κ3) is 1.38. The molecule has 1 aliphatic carbocycles. The molecule has 2 rings (SSSR count). The Morgan fingerprint density at radius 1 is 1.33 bits per heavy atom. The van der Waals surface area contributed by atoms with Gasteiger partial charge in [-0.1, -0.05) is 5.57 Å². The summed E-state index contributed by atoms with van der Waals surface area (Å²) in [5.41, 5.74) is 0.414. The van der Waals surface area contributed by atoms with Gasteiger partial charge in [0.25, 0.3) is 0 Å². The zero-order chi connectivity index (χ0) is 11.2. The second-order valence-electron chi connectivity index (χ2n) is 3.69. The van der Waals surface area contributed by atoms with Gasteiger partial charge in [-0.05, 0) is 19.9 Å². The maximum absolute atomic E-state index is 11.6. The highest BCUT2D eigenvalue weighted by molar-refractivity contribution is 6.05. The van der Waals surface area contributed by atoms with Gasteiger partial charge < -0.3 is 9.52 Å². The largest absolute Gasteiger partial charge is 0.506 e. The number of hydrogen-bond acceptors (Lipinski definition) is 4. The van der Waals surface area contributed by atoms with Crippen LogP contribution in [-0.2, 0) is 0 Å². The molecular weight excluding hydrogens is 196 g/mol. The molecule has 0 unspecified atom stereocenters. The van der Waals surface area contributed by atoms with Gasteiger partial charge in [-0.25, -0.2) is 4.79 Å². The second-order valence-corrected chi connectivity index (χ2v) is 3.69. The van der Waals surface area contributed by atoms with Gasteiger partial charge in [0.2, 0.25) is 0 Å². The molecule has 0 atom stereocenters. The number of hydrogen-bond donors (Lipinski definition) is 1. The van der Waals surface area contributed by atoms with E-state index in [1.807, 2.05) is 0 Å². The van der Waals surface area contributed by atoms with Gasteiger partial charge in [-0.2, -0.15) is 0 Å². The summed E-state index contributed by atoms with van der Waals surface area (Å²) in [6.45, 7) is 3.21. The molecule has 15 heavy (non-hydrogen) atoms. The lowest BCUT2D eigenvalue weighted by atomic mass is 9.95. The first-order valence-electron chi connectivity index (χ1n) is 4.57. The van der Waals surface area contributed by atoms with Crippen LogP contribution in [0.15, 0.2) is 14.8 Å². The van der Waals surface area contributed by atoms with Crippen molar-refractivity contribution in [2.24, 2.45) is 0 Å². The Hall–Kier alpha value is -1.84. The number of ketones is 1. The average molecular weight is 206 g/mol. The van der Waals surface area contributed by atoms with Crippen LogP contribution in [0.4, 0.5) is 0 Å². The van der Waals surface area contributed by atoms with Crippen LogP contribution in [0, 0.1) is 6.92 Å². The molecule has 1 N–H and O–H groups in total. The van der Waals surface area contributed by atoms with E-state index < -0.39 is 5.63 Å². The summed E-state index contributed by atoms with van der Waals surface area (Å²) in [5.74, 6) is -0.304. The maximum Gasteiger partial charge on any atom is 0.342 e. The van der Waals surface area contributed by atoms with E-state index in [0.717, 1.165) is 5.57 Å². The monoisotopic (exact) mass is 206 g/mol. The van der Waals surface area contributed by atoms with E-state index in [9.17, 15) is 14.7 Å². The van der Waals surface area contributed by atoms with Crippen molar-refractivity contribution in [2.45, 2.75) is 20.3 Å². The third-order valence-electron chi connectivity index (χ3n) is 2.44. The Morgan fingerprint density at radius 2 is 2.00 bits per heavy atom. The third-order valence-corrected chi connectivity index (χ3v) is 2.44. The fourth-order valence-electron chi connectivity index (χ4n) is 1.62. The molecule has 1 aromatic heterocycles. The van der Waals surface area contributed by atoms with Crippen molar-refractivity contribution >= 4 is 11.9 Å². The molecule has 0 bridgehead atoms. The summed E-state index contributed by atoms with van der Waals surface area (Å²) in [4.78, 5) is 22.9. The molecule has 0 amide bonds. The van der Waals surface area contributed by atoms with Crippen molar-refractivity contribution < 1.29 is 14.3 Å². The molecule has 1 aromatic rings. The summed E-state index contributed by atoms with van der Waals surface area (Å²) < 4.78 is 4.94. The minimum Gasteiger partial charge on any atom is -0.506 e. The Morgan fingerprint density at radius 3 is 2.67 bits per heavy atom. The summed E-state index contributed by atoms with van der Waals surface area (Å²) in [5, 5.41) is 9.67. The van der Waals surface area contributed by atoms with Gasteiger partial charge in [0.15, 0.2) is 5.78 Å². The first-order valence-corrected chi connectivity index (χ1v) is 4.57. The molecule has 4 heteroatoms. The van der Waals surface area contributed by atoms with Crippen LogP contribution in [-0.4, -0.2) is 10.9 Å². The molecule has 4 nitrogen and oxygen atoms in total. The highest BCUT2D eigenvalue weighted by atomic mass is 16.4. The van der Waals surface area contributed by atoms with E-state index in [2.05, 4.69) is 0 Å². The van der Waals surface area contributed by atoms with Crippen LogP contribution in [0.5, 0.6) is 5.75 Å². The van der Waals surface area contributed by atoms with Crippen molar-refractivity contribution in [3.63, 3.8) is 0 Å². The van der Waals surface area contributed by atoms with Crippen molar-refractivity contribution in [3.05, 3.63) is 32.9 Å². The first-order chi connectivity index (χ1) is 7.00. The lowest BCUT2D eigenvalue weighted by molar-refractivity contribution is 0.0985. The fourth-order valence-corrected chi connectivity index (χ4v) is 1.62. The van der Waals surface area contributed by atoms with Crippen molar-refractivity contribution in [3.8, 4) is 5.75 Å². The quantitative estimate of drug-likeness (QED) is 0.700. The smallest absolute Gasteiger partial charge is 0.342 e. The molecule has 78 valence electrons. The van der Waals surface area contributed by atoms with Crippen LogP contribution in [0.3, 0.4) is 0 Å². The van der Waals surface area contributed by atoms with Gasteiger partial charge in [0.05, 0.1) is 5.56 Å². The highest BCUT2D eigenvalue weighted by Gasteiger charge is 2.25. The first kappa shape index (κ1) is 9.71. The zero-order valence-electron chi connectivity index (χ0n) is 8.46. The second kappa shape index (κ2) is 3.08. The molecule has 0 saturated heterocycles. The summed E-state index contributed by atoms with van der Waals surface area (Å²) in [6, 6.07) is 0. The number of carbonyl (C=O) groups is 1. The van der Waals surface area contributed by atoms with Crippen molar-refractivity contribution in [1.82, 2.24) is 0 Å². The molecule has 0 aliphatic heterocycles. The molecule has 0 radical (unpaired) electrons. The normalized spacial score (nSPS) is 14.8. The maximum atomic E-state index is 11.6. The van der Waals surface area contributed by atoms with Gasteiger partial charge in [-0.3, -0.25) is 4.79 Å². The molecule has 0 fully saturated rings. The van der Waals surface area contributed by atoms with Crippen LogP contribution < -0.4 is 5.63 Å². The predicted octanol–water partition coefficient (Wildman–Crippen LogP) is 1.64. The van der Waals surface area contributed by atoms with Gasteiger partial charge in [-0.15, -0.1) is 0 Å². The van der Waals surface area contributed by atoms with Gasteiger partial charge in [0.1, 0.15) is 17.1 Å². The molecule has 1 heterocycles. The van der Waals surface area contributed by atoms with Crippen LogP contribution in [0.2, 0.25) is 0 Å². The SMILES string of the molecule is CC1=Cc2oc(=O)c(C)c(O)c2C(=O)C1. The topological polar surface area (TPSA) is 67.5 Å². The molecule has 0 saturated carbocycles. The fraction of sp³-hybridized carbons (Fsp3) is 0.273. The van der Waals surface area contributed by atoms with Crippen LogP contribution >= 0.6 is 0 Å². The highest BCUT2D eigenvalue weighted by Crippen LogP contribution is 2.30. The predicted molar refractivity (Wildman–Crippen MR) is 54.0 cm³/mol. The van der Waals surface area contributed by atoms with Gasteiger partial charge >= 0.3 is 5.63 Å². The Balaban J connectivity index is 2.84. The number of Topliss-reactive ketones (excluding diaryl/α,β-unsaturated/α-hetero) is 1. The van der Waals surface area contributed by atoms with E-state index in [0.29, 0.717) is 0 Å². The lowest BCUT2D eigenvalue weighted by Crippen LogP contribution is -2.14. The standard InChI is InChI=1S/C11H10O4/c1-5-3-7(12)9-8(4-5)15-11(14)6(2)10(9)13/h4,13H,3H2,1-2H3. The number of carbonyl (C=O) groups excluding carboxylic acids is 1. The Labute approximate surface area is 85.8 Å². The van der Waals surface area contributed by atoms with E-state index in [-0.39, 0.29) is 34.8 Å². The van der Waals surface area contributed by atoms with Crippen LogP contribution in [0.1, 0.15) is 35.0 Å². The molecule has 0 aromatic carbocycles. The average Bonchev–Trinajstić information content (AvgIpc) is 2.13. The molecular formula is C11H10O4. The molecule has 1 aliphatic rings. The minimum atomic E-state index is -0.606. The Kier molecular flexibility index (Phi) is 2.00. The summed E-state index contributed by atoms with van der Waals surface area (Å²) in [6.07, 6.45) is 1.87. The molecule has 0 spiro atoms. The van der Waals surface area contributed by atoms with E-state index in [1.54, 1.807) is 13.0 Å². The zero-order valence-corrected chi connectivity index (χ0v) is 8.46. The number of fused-ring (bicyclic) bond motifs is 1. The lowest BCUT2D eigenvalue weighted by Gasteiger charge is -2.13. The van der Waals surface area contributed by atoms with Crippen molar-refractivity contribution in [1.29, 1.82) is 0 Å². The number of aromatic hydroxyl groups is 1. The number of rotatable bonds is 0. The van der Waals surface area contributed by atoms with Crippen LogP contribution in [0.25, 0.3) is 6.08 Å². The number of allylic oxidation sites excluding steroid dienone is 1. The minimum absolute atomic E-state index is 0.0788. The summed E-state index contributed by atoms with van der Waals surface area (Å²) >= 11 is 0. The summed E-state index contributed by atoms with van der Waals surface area (Å²) in [7, 11) is 0. The van der Waals surface area contributed by atoms with E-state index in [1.165, 1.54) is 6.92 Å². The van der Waals surface area contributed by atoms with Gasteiger partial charge in [0, 0.05) is 6.42 Å².